The van der Waals surface area contributed by atoms with Crippen LogP contribution in [0.25, 0.3) is 20.4 Å². The number of carbonyl (C=O) groups excluding carboxylic acids is 1. The number of benzene rings is 1. The van der Waals surface area contributed by atoms with Crippen LogP contribution in [-0.2, 0) is 14.9 Å². The number of rotatable bonds is 5. The number of fused-ring (bicyclic) bond motifs is 2. The Hall–Kier alpha value is -4.13. The SMILES string of the molecule is Cc1ccccc1C(C)OC(=O)Nc1c(C#Cc2cc3sc(C4(C(=O)O)CC4)cc3s2)oc2cnccc12. The number of carboxylic acid groups (broad SMARTS) is 1. The predicted molar refractivity (Wildman–Crippen MR) is 148 cm³/mol. The average Bonchev–Trinajstić information content (AvgIpc) is 3.32. The molecule has 0 radical (unpaired) electrons. The highest BCUT2D eigenvalue weighted by molar-refractivity contribution is 7.28. The predicted octanol–water partition coefficient (Wildman–Crippen LogP) is 7.24. The van der Waals surface area contributed by atoms with Crippen LogP contribution in [0.4, 0.5) is 10.5 Å². The molecule has 1 amide bonds. The molecular formula is C29H22N2O5S2. The van der Waals surface area contributed by atoms with Crippen molar-refractivity contribution >= 4 is 60.8 Å². The smallest absolute Gasteiger partial charge is 0.412 e. The molecule has 0 spiro atoms. The Kier molecular flexibility index (Phi) is 5.94. The van der Waals surface area contributed by atoms with E-state index in [0.29, 0.717) is 35.3 Å². The number of nitrogens with one attached hydrogen (secondary N) is 1. The van der Waals surface area contributed by atoms with E-state index in [1.807, 2.05) is 50.2 Å². The van der Waals surface area contributed by atoms with Gasteiger partial charge in [-0.25, -0.2) is 4.79 Å². The Balaban J connectivity index is 1.26. The lowest BCUT2D eigenvalue weighted by atomic mass is 10.1. The molecule has 9 heteroatoms. The molecule has 38 heavy (non-hydrogen) atoms. The van der Waals surface area contributed by atoms with E-state index in [9.17, 15) is 14.7 Å². The van der Waals surface area contributed by atoms with E-state index < -0.39 is 23.6 Å². The number of carboxylic acids is 1. The molecule has 2 N–H and O–H groups in total. The Bertz CT molecular complexity index is 1750. The minimum Gasteiger partial charge on any atom is -0.481 e. The first-order chi connectivity index (χ1) is 18.3. The maximum Gasteiger partial charge on any atom is 0.412 e. The summed E-state index contributed by atoms with van der Waals surface area (Å²) in [5.74, 6) is 5.73. The minimum absolute atomic E-state index is 0.300. The summed E-state index contributed by atoms with van der Waals surface area (Å²) in [4.78, 5) is 30.3. The Morgan fingerprint density at radius 1 is 1.16 bits per heavy atom. The van der Waals surface area contributed by atoms with Gasteiger partial charge in [-0.15, -0.1) is 22.7 Å². The monoisotopic (exact) mass is 542 g/mol. The second-order valence-electron chi connectivity index (χ2n) is 9.29. The van der Waals surface area contributed by atoms with Crippen LogP contribution in [0.2, 0.25) is 0 Å². The largest absolute Gasteiger partial charge is 0.481 e. The van der Waals surface area contributed by atoms with Gasteiger partial charge in [0.25, 0.3) is 0 Å². The zero-order chi connectivity index (χ0) is 26.4. The van der Waals surface area contributed by atoms with Crippen molar-refractivity contribution in [3.05, 3.63) is 81.5 Å². The van der Waals surface area contributed by atoms with E-state index in [4.69, 9.17) is 9.15 Å². The summed E-state index contributed by atoms with van der Waals surface area (Å²) >= 11 is 3.02. The third-order valence-electron chi connectivity index (χ3n) is 6.77. The summed E-state index contributed by atoms with van der Waals surface area (Å²) in [6.45, 7) is 3.80. The van der Waals surface area contributed by atoms with Gasteiger partial charge >= 0.3 is 12.1 Å². The van der Waals surface area contributed by atoms with Gasteiger partial charge in [0, 0.05) is 25.9 Å². The number of carbonyl (C=O) groups is 2. The van der Waals surface area contributed by atoms with Crippen molar-refractivity contribution in [3.8, 4) is 11.8 Å². The van der Waals surface area contributed by atoms with Crippen molar-refractivity contribution < 1.29 is 23.8 Å². The molecule has 0 aliphatic heterocycles. The van der Waals surface area contributed by atoms with E-state index in [-0.39, 0.29) is 0 Å². The van der Waals surface area contributed by atoms with Gasteiger partial charge in [0.2, 0.25) is 5.76 Å². The molecule has 1 unspecified atom stereocenters. The van der Waals surface area contributed by atoms with Crippen molar-refractivity contribution in [2.45, 2.75) is 38.2 Å². The highest BCUT2D eigenvalue weighted by Crippen LogP contribution is 2.52. The van der Waals surface area contributed by atoms with Crippen molar-refractivity contribution in [2.24, 2.45) is 0 Å². The van der Waals surface area contributed by atoms with Gasteiger partial charge in [0.05, 0.1) is 11.1 Å². The number of hydrogen-bond acceptors (Lipinski definition) is 7. The third kappa shape index (κ3) is 4.32. The number of ether oxygens (including phenoxy) is 1. The van der Waals surface area contributed by atoms with Crippen LogP contribution < -0.4 is 5.32 Å². The normalized spacial score (nSPS) is 14.6. The molecule has 1 fully saturated rings. The van der Waals surface area contributed by atoms with Gasteiger partial charge in [-0.05, 0) is 67.9 Å². The standard InChI is InChI=1S/C29H22N2O5S2/c1-16-5-3-4-6-19(16)17(2)35-28(34)31-26-20-9-12-30-15-22(20)36-21(26)8-7-18-13-23-24(37-18)14-25(38-23)29(10-11-29)27(32)33/h3-6,9,12-15,17H,10-11H2,1-2H3,(H,31,34)(H,32,33). The van der Waals surface area contributed by atoms with Crippen molar-refractivity contribution in [1.29, 1.82) is 0 Å². The van der Waals surface area contributed by atoms with Crippen LogP contribution in [0.3, 0.4) is 0 Å². The average molecular weight is 543 g/mol. The van der Waals surface area contributed by atoms with E-state index in [0.717, 1.165) is 30.3 Å². The second kappa shape index (κ2) is 9.31. The number of aromatic nitrogens is 1. The van der Waals surface area contributed by atoms with Crippen LogP contribution in [0.5, 0.6) is 0 Å². The van der Waals surface area contributed by atoms with Crippen molar-refractivity contribution in [1.82, 2.24) is 4.98 Å². The van der Waals surface area contributed by atoms with Crippen LogP contribution in [0.1, 0.15) is 52.5 Å². The summed E-state index contributed by atoms with van der Waals surface area (Å²) in [7, 11) is 0. The van der Waals surface area contributed by atoms with E-state index >= 15 is 0 Å². The molecule has 7 nitrogen and oxygen atoms in total. The first-order valence-electron chi connectivity index (χ1n) is 12.0. The van der Waals surface area contributed by atoms with E-state index in [1.165, 1.54) is 22.7 Å². The quantitative estimate of drug-likeness (QED) is 0.227. The molecule has 0 bridgehead atoms. The van der Waals surface area contributed by atoms with Gasteiger partial charge in [0.15, 0.2) is 5.58 Å². The summed E-state index contributed by atoms with van der Waals surface area (Å²) in [5, 5.41) is 13.1. The van der Waals surface area contributed by atoms with Crippen LogP contribution in [-0.4, -0.2) is 22.2 Å². The maximum absolute atomic E-state index is 12.8. The van der Waals surface area contributed by atoms with Crippen LogP contribution in [0, 0.1) is 18.8 Å². The van der Waals surface area contributed by atoms with Crippen LogP contribution >= 0.6 is 22.7 Å². The number of nitrogens with zero attached hydrogens (tertiary/aromatic N) is 1. The second-order valence-corrected chi connectivity index (χ2v) is 11.5. The van der Waals surface area contributed by atoms with Crippen molar-refractivity contribution in [3.63, 3.8) is 0 Å². The van der Waals surface area contributed by atoms with Gasteiger partial charge in [-0.3, -0.25) is 15.1 Å². The minimum atomic E-state index is -0.752. The Morgan fingerprint density at radius 2 is 1.95 bits per heavy atom. The molecule has 0 saturated heterocycles. The number of anilines is 1. The van der Waals surface area contributed by atoms with E-state index in [2.05, 4.69) is 22.1 Å². The number of hydrogen-bond donors (Lipinski definition) is 2. The summed E-state index contributed by atoms with van der Waals surface area (Å²) < 4.78 is 13.6. The number of furan rings is 1. The number of aryl methyl sites for hydroxylation is 1. The zero-order valence-electron chi connectivity index (χ0n) is 20.5. The lowest BCUT2D eigenvalue weighted by molar-refractivity contribution is -0.139. The molecule has 1 aliphatic rings. The van der Waals surface area contributed by atoms with E-state index in [1.54, 1.807) is 18.5 Å². The lowest BCUT2D eigenvalue weighted by Gasteiger charge is -2.16. The van der Waals surface area contributed by atoms with Gasteiger partial charge < -0.3 is 14.3 Å². The molecule has 1 aromatic carbocycles. The molecule has 4 heterocycles. The summed E-state index contributed by atoms with van der Waals surface area (Å²) in [5.41, 5.74) is 2.19. The van der Waals surface area contributed by atoms with Gasteiger partial charge in [-0.1, -0.05) is 24.3 Å². The molecule has 4 aromatic heterocycles. The molecule has 1 aliphatic carbocycles. The molecular weight excluding hydrogens is 520 g/mol. The fourth-order valence-corrected chi connectivity index (χ4v) is 6.99. The fourth-order valence-electron chi connectivity index (χ4n) is 4.50. The van der Waals surface area contributed by atoms with Crippen LogP contribution in [0.15, 0.2) is 59.3 Å². The number of thiophene rings is 2. The molecule has 1 atom stereocenters. The zero-order valence-corrected chi connectivity index (χ0v) is 22.2. The van der Waals surface area contributed by atoms with Crippen molar-refractivity contribution in [2.75, 3.05) is 5.32 Å². The summed E-state index contributed by atoms with van der Waals surface area (Å²) in [6, 6.07) is 13.5. The first kappa shape index (κ1) is 24.2. The number of aliphatic carboxylic acids is 1. The van der Waals surface area contributed by atoms with Gasteiger partial charge in [0.1, 0.15) is 17.2 Å². The molecule has 5 aromatic rings. The fraction of sp³-hybridized carbons (Fsp3) is 0.207. The number of pyridine rings is 1. The first-order valence-corrected chi connectivity index (χ1v) is 13.7. The Labute approximate surface area is 226 Å². The highest BCUT2D eigenvalue weighted by Gasteiger charge is 2.53. The van der Waals surface area contributed by atoms with Gasteiger partial charge in [-0.2, -0.15) is 0 Å². The summed E-state index contributed by atoms with van der Waals surface area (Å²) in [6.07, 6.45) is 3.52. The lowest BCUT2D eigenvalue weighted by Crippen LogP contribution is -2.17. The number of amides is 1. The Morgan fingerprint density at radius 3 is 2.68 bits per heavy atom. The highest BCUT2D eigenvalue weighted by atomic mass is 32.1. The molecule has 1 saturated carbocycles. The molecule has 190 valence electrons. The third-order valence-corrected chi connectivity index (χ3v) is 9.18. The topological polar surface area (TPSA) is 102 Å². The molecule has 6 rings (SSSR count). The maximum atomic E-state index is 12.8.